The Balaban J connectivity index is 0.000000169. The Bertz CT molecular complexity index is 6270. The van der Waals surface area contributed by atoms with Crippen LogP contribution in [0.1, 0.15) is 136 Å². The number of nitrogens with zero attached hydrogens (tertiary/aromatic N) is 8. The highest BCUT2D eigenvalue weighted by Gasteiger charge is 2.47. The van der Waals surface area contributed by atoms with Crippen molar-refractivity contribution >= 4 is 139 Å². The lowest BCUT2D eigenvalue weighted by Crippen LogP contribution is -2.54. The lowest BCUT2D eigenvalue weighted by molar-refractivity contribution is -0.139. The van der Waals surface area contributed by atoms with Gasteiger partial charge < -0.3 is 76.8 Å². The molecule has 0 saturated carbocycles. The number of anilines is 8. The van der Waals surface area contributed by atoms with Crippen molar-refractivity contribution in [2.24, 2.45) is 5.73 Å². The van der Waals surface area contributed by atoms with Gasteiger partial charge in [0.2, 0.25) is 29.5 Å². The minimum atomic E-state index is -1.03. The largest absolute Gasteiger partial charge is 0.480 e. The second kappa shape index (κ2) is 45.1. The van der Waals surface area contributed by atoms with Crippen molar-refractivity contribution < 1.29 is 99.2 Å². The molecule has 8 aliphatic rings. The van der Waals surface area contributed by atoms with Crippen LogP contribution in [0.4, 0.5) is 63.3 Å². The number of hydrogen-bond acceptors (Lipinski definition) is 27. The lowest BCUT2D eigenvalue weighted by atomic mass is 10.0. The fourth-order valence-electron chi connectivity index (χ4n) is 18.0. The van der Waals surface area contributed by atoms with Crippen molar-refractivity contribution in [3.8, 4) is 0 Å². The Morgan fingerprint density at radius 3 is 1.27 bits per heavy atom. The number of amides is 11. The van der Waals surface area contributed by atoms with Gasteiger partial charge in [0.05, 0.1) is 83.9 Å². The molecule has 18 rings (SSSR count). The molecule has 2 unspecified atom stereocenters. The van der Waals surface area contributed by atoms with Gasteiger partial charge in [-0.15, -0.1) is 0 Å². The number of benzene rings is 8. The van der Waals surface area contributed by atoms with Crippen LogP contribution in [0.25, 0.3) is 21.8 Å². The van der Waals surface area contributed by atoms with Crippen LogP contribution in [0.5, 0.6) is 0 Å². The number of aromatic nitrogens is 4. The van der Waals surface area contributed by atoms with Crippen LogP contribution < -0.4 is 63.4 Å². The van der Waals surface area contributed by atoms with Gasteiger partial charge >= 0.3 is 5.97 Å². The van der Waals surface area contributed by atoms with E-state index in [1.165, 1.54) is 30.3 Å². The molecule has 2 aromatic heterocycles. The minimum Gasteiger partial charge on any atom is -0.480 e. The number of carbonyl (C=O) groups is 12. The van der Waals surface area contributed by atoms with Gasteiger partial charge in [0, 0.05) is 187 Å². The number of piperazine rings is 2. The standard InChI is InChI=1S/C49H52F2N10O8.C32H34F2N6O4.C17H20N4O5/c50-31-22-30(23-32(51)25-31)21-29-1-6-40-39(24-29)45(58-57-40)56-46(64)37-5-3-35(27-41(37)54-33-9-17-68-18-10-33)60-15-13-59(14-16-60)28-44(63)53-12-20-69-19-11-52-34-2-4-36-38(26-34)49(67)61(48(36)66)42-7-8-43(62)55-47(42)65;33-22-14-21(15-23(34)17-22)13-20-1-4-28-27(16-20)31(38-37-28)36-32(43)26-3-2-25(18-29(26)35-24-5-11-44-12-6-24)40-9-7-39(8-10-40)19-30(41)42;18-5-7-26-8-6-19-10-1-2-11-12(9-10)17(25)21(16(11)24)13-3-4-14(22)20-15(13)23/h1-6,22-27,33,42,52,54H,7-21,28H2,(H,53,63)(H,55,62,65)(H2,56,57,58,64);1-4,14-18,24,35H,5-13,19H2,(H,41,42)(H2,36,37,38,43);1-2,9,13,19H,3-8,18H2,(H,20,22,23). The van der Waals surface area contributed by atoms with E-state index in [0.29, 0.717) is 216 Å². The van der Waals surface area contributed by atoms with E-state index in [0.717, 1.165) is 70.1 Å². The Morgan fingerprint density at radius 2 is 0.856 bits per heavy atom. The van der Waals surface area contributed by atoms with Crippen LogP contribution in [0, 0.1) is 23.3 Å². The van der Waals surface area contributed by atoms with Gasteiger partial charge in [-0.3, -0.25) is 98.0 Å². The number of nitrogens with two attached hydrogens (primary N) is 1. The highest BCUT2D eigenvalue weighted by atomic mass is 19.1. The third kappa shape index (κ3) is 24.5. The Morgan fingerprint density at radius 1 is 0.446 bits per heavy atom. The first-order chi connectivity index (χ1) is 67.3. The number of aromatic amines is 2. The van der Waals surface area contributed by atoms with E-state index in [-0.39, 0.29) is 97.4 Å². The molecule has 10 heterocycles. The number of hydrogen-bond donors (Lipinski definition) is 13. The average Bonchev–Trinajstić information content (AvgIpc) is 1.60. The number of nitrogens with one attached hydrogen (secondary N) is 11. The molecule has 8 aromatic carbocycles. The van der Waals surface area contributed by atoms with Gasteiger partial charge in [-0.1, -0.05) is 12.1 Å². The van der Waals surface area contributed by atoms with Crippen molar-refractivity contribution in [1.82, 2.24) is 55.9 Å². The van der Waals surface area contributed by atoms with Crippen molar-refractivity contribution in [2.45, 2.75) is 88.4 Å². The molecule has 8 aliphatic heterocycles. The first kappa shape index (κ1) is 97.5. The van der Waals surface area contributed by atoms with Gasteiger partial charge in [-0.25, -0.2) is 17.6 Å². The number of imide groups is 4. The Kier molecular flexibility index (Phi) is 31.6. The predicted molar refractivity (Wildman–Crippen MR) is 506 cm³/mol. The molecule has 0 bridgehead atoms. The summed E-state index contributed by atoms with van der Waals surface area (Å²) in [7, 11) is 0. The topological polar surface area (TPSA) is 473 Å². The van der Waals surface area contributed by atoms with Gasteiger partial charge in [0.25, 0.3) is 35.4 Å². The maximum atomic E-state index is 14.0. The highest BCUT2D eigenvalue weighted by molar-refractivity contribution is 6.25. The number of piperidine rings is 2. The second-order valence-corrected chi connectivity index (χ2v) is 34.8. The van der Waals surface area contributed by atoms with Gasteiger partial charge in [-0.2, -0.15) is 10.2 Å². The zero-order chi connectivity index (χ0) is 97.3. The first-order valence-corrected chi connectivity index (χ1v) is 46.2. The number of carboxylic acids is 1. The van der Waals surface area contributed by atoms with E-state index < -0.39 is 88.6 Å². The van der Waals surface area contributed by atoms with E-state index >= 15 is 0 Å². The highest BCUT2D eigenvalue weighted by Crippen LogP contribution is 2.37. The Labute approximate surface area is 794 Å². The van der Waals surface area contributed by atoms with E-state index in [1.54, 1.807) is 36.4 Å². The van der Waals surface area contributed by atoms with Crippen LogP contribution in [-0.4, -0.2) is 285 Å². The zero-order valence-electron chi connectivity index (χ0n) is 75.9. The molecule has 139 heavy (non-hydrogen) atoms. The molecule has 11 amide bonds. The number of rotatable bonds is 33. The molecule has 41 heteroatoms. The molecule has 37 nitrogen and oxygen atoms in total. The van der Waals surface area contributed by atoms with Crippen LogP contribution >= 0.6 is 0 Å². The second-order valence-electron chi connectivity index (χ2n) is 34.8. The summed E-state index contributed by atoms with van der Waals surface area (Å²) in [6.45, 7) is 11.3. The zero-order valence-corrected chi connectivity index (χ0v) is 75.9. The van der Waals surface area contributed by atoms with Gasteiger partial charge in [-0.05, 0) is 195 Å². The van der Waals surface area contributed by atoms with Crippen LogP contribution in [0.3, 0.4) is 0 Å². The number of ether oxygens (including phenoxy) is 4. The maximum Gasteiger partial charge on any atom is 0.317 e. The quantitative estimate of drug-likeness (QED) is 0.0105. The minimum absolute atomic E-state index is 0.0240. The number of fused-ring (bicyclic) bond motifs is 4. The monoisotopic (exact) mass is 1910 g/mol. The summed E-state index contributed by atoms with van der Waals surface area (Å²) < 4.78 is 77.3. The fourth-order valence-corrected chi connectivity index (χ4v) is 18.0. The number of aliphatic carboxylic acids is 1. The summed E-state index contributed by atoms with van der Waals surface area (Å²) >= 11 is 0. The molecule has 0 radical (unpaired) electrons. The van der Waals surface area contributed by atoms with Crippen molar-refractivity contribution in [2.75, 3.05) is 186 Å². The fraction of sp³-hybridized carbons (Fsp3) is 0.367. The summed E-state index contributed by atoms with van der Waals surface area (Å²) in [6, 6.07) is 37.2. The molecule has 728 valence electrons. The summed E-state index contributed by atoms with van der Waals surface area (Å²) in [5, 5.41) is 51.7. The molecule has 10 aromatic rings. The summed E-state index contributed by atoms with van der Waals surface area (Å²) in [5.41, 5.74) is 15.7. The summed E-state index contributed by atoms with van der Waals surface area (Å²) in [4.78, 5) is 161. The molecule has 6 saturated heterocycles. The smallest absolute Gasteiger partial charge is 0.317 e. The molecule has 0 aliphatic carbocycles. The third-order valence-corrected chi connectivity index (χ3v) is 25.1. The number of carbonyl (C=O) groups excluding carboxylic acids is 11. The van der Waals surface area contributed by atoms with Crippen molar-refractivity contribution in [3.63, 3.8) is 0 Å². The summed E-state index contributed by atoms with van der Waals surface area (Å²) in [5.74, 6) is -7.79. The number of H-pyrrole nitrogens is 2. The van der Waals surface area contributed by atoms with Crippen LogP contribution in [0.2, 0.25) is 0 Å². The van der Waals surface area contributed by atoms with E-state index in [9.17, 15) is 75.1 Å². The predicted octanol–water partition coefficient (Wildman–Crippen LogP) is 8.00. The van der Waals surface area contributed by atoms with Crippen LogP contribution in [-0.2, 0) is 60.6 Å². The van der Waals surface area contributed by atoms with E-state index in [1.807, 2.05) is 71.6 Å². The lowest BCUT2D eigenvalue weighted by Gasteiger charge is -2.36. The molecular weight excluding hydrogens is 1810 g/mol. The van der Waals surface area contributed by atoms with E-state index in [4.69, 9.17) is 29.8 Å². The number of halogens is 4. The van der Waals surface area contributed by atoms with Crippen molar-refractivity contribution in [1.29, 1.82) is 0 Å². The van der Waals surface area contributed by atoms with Crippen LogP contribution in [0.15, 0.2) is 146 Å². The maximum absolute atomic E-state index is 14.0. The van der Waals surface area contributed by atoms with E-state index in [2.05, 4.69) is 82.9 Å². The molecule has 6 fully saturated rings. The molecular formula is C98H106F4N20O17. The first-order valence-electron chi connectivity index (χ1n) is 46.2. The van der Waals surface area contributed by atoms with Gasteiger partial charge in [0.1, 0.15) is 35.4 Å². The Hall–Kier alpha value is -14.6. The normalized spacial score (nSPS) is 17.6. The van der Waals surface area contributed by atoms with Gasteiger partial charge in [0.15, 0.2) is 11.6 Å². The third-order valence-electron chi connectivity index (χ3n) is 25.1. The molecule has 0 spiro atoms. The molecule has 14 N–H and O–H groups in total. The summed E-state index contributed by atoms with van der Waals surface area (Å²) in [6.07, 6.45) is 4.20. The van der Waals surface area contributed by atoms with Crippen molar-refractivity contribution in [3.05, 3.63) is 224 Å². The SMILES string of the molecule is NCCOCCNc1ccc2c(c1)C(=O)N(C1CCC(=O)NC1=O)C2=O.O=C(CN1CCN(c2ccc(C(=O)Nc3n[nH]c4ccc(Cc5cc(F)cc(F)c5)cc34)c(NC3CCOCC3)c2)CC1)NCCOCCNc1ccc2c(c1)C(=O)N(C1CCC(=O)NC1=O)C2=O.O=C(O)CN1CCN(c2ccc(C(=O)Nc3n[nH]c4ccc(Cc5cc(F)cc(F)c5)cc34)c(NC3CCOCC3)c2)CC1. The number of carboxylic acid groups (broad SMARTS) is 1. The average molecular weight is 1910 g/mol. The molecule has 2 atom stereocenters.